The van der Waals surface area contributed by atoms with E-state index in [2.05, 4.69) is 0 Å². The number of nitrogens with one attached hydrogen (secondary N) is 1. The molecule has 0 aliphatic heterocycles. The molecular weight excluding hydrogens is 138 g/mol. The Hall–Kier alpha value is -1.39. The van der Waals surface area contributed by atoms with Crippen LogP contribution in [0.15, 0.2) is 0 Å². The van der Waals surface area contributed by atoms with Gasteiger partial charge in [-0.1, -0.05) is 0 Å². The largest absolute Gasteiger partial charge is 0.481 e. The molecule has 0 heterocycles. The van der Waals surface area contributed by atoms with Crippen molar-refractivity contribution in [1.29, 1.82) is 5.41 Å². The average Bonchev–Trinajstić information content (AvgIpc) is 1.84. The third-order valence-electron chi connectivity index (χ3n) is 1.03. The Morgan fingerprint density at radius 2 is 1.80 bits per heavy atom. The summed E-state index contributed by atoms with van der Waals surface area (Å²) in [5.41, 5.74) is -0.799. The van der Waals surface area contributed by atoms with Crippen molar-refractivity contribution in [3.63, 3.8) is 0 Å². The molecule has 0 aromatic heterocycles. The first kappa shape index (κ1) is 8.61. The van der Waals surface area contributed by atoms with Gasteiger partial charge in [-0.25, -0.2) is 4.79 Å². The number of rotatable bonds is 3. The molecule has 3 N–H and O–H groups in total. The van der Waals surface area contributed by atoms with Crippen LogP contribution in [0, 0.1) is 11.3 Å². The van der Waals surface area contributed by atoms with Gasteiger partial charge in [-0.3, -0.25) is 10.2 Å². The van der Waals surface area contributed by atoms with Crippen molar-refractivity contribution in [1.82, 2.24) is 0 Å². The van der Waals surface area contributed by atoms with Gasteiger partial charge < -0.3 is 10.2 Å². The minimum atomic E-state index is -1.49. The van der Waals surface area contributed by atoms with Crippen LogP contribution in [0.1, 0.15) is 6.92 Å². The molecule has 0 rings (SSSR count). The van der Waals surface area contributed by atoms with Crippen molar-refractivity contribution in [2.24, 2.45) is 5.92 Å². The fraction of sp³-hybridized carbons (Fsp3) is 0.400. The quantitative estimate of drug-likeness (QED) is 0.479. The topological polar surface area (TPSA) is 98.5 Å². The Kier molecular flexibility index (Phi) is 2.54. The van der Waals surface area contributed by atoms with Crippen LogP contribution < -0.4 is 0 Å². The monoisotopic (exact) mass is 145 g/mol. The van der Waals surface area contributed by atoms with Crippen LogP contribution >= 0.6 is 0 Å². The van der Waals surface area contributed by atoms with E-state index in [1.54, 1.807) is 0 Å². The summed E-state index contributed by atoms with van der Waals surface area (Å²) < 4.78 is 0. The molecule has 0 radical (unpaired) electrons. The van der Waals surface area contributed by atoms with E-state index in [1.807, 2.05) is 0 Å². The Morgan fingerprint density at radius 1 is 1.40 bits per heavy atom. The Labute approximate surface area is 56.8 Å². The second-order valence-corrected chi connectivity index (χ2v) is 1.78. The van der Waals surface area contributed by atoms with Gasteiger partial charge in [-0.2, -0.15) is 0 Å². The van der Waals surface area contributed by atoms with Crippen LogP contribution in [-0.2, 0) is 9.59 Å². The summed E-state index contributed by atoms with van der Waals surface area (Å²) in [6.45, 7) is 1.15. The molecule has 5 nitrogen and oxygen atoms in total. The molecule has 10 heavy (non-hydrogen) atoms. The van der Waals surface area contributed by atoms with Gasteiger partial charge >= 0.3 is 11.9 Å². The minimum Gasteiger partial charge on any atom is -0.481 e. The van der Waals surface area contributed by atoms with E-state index in [-0.39, 0.29) is 0 Å². The van der Waals surface area contributed by atoms with Gasteiger partial charge in [0.2, 0.25) is 0 Å². The molecule has 0 amide bonds. The number of hydrogen-bond acceptors (Lipinski definition) is 3. The van der Waals surface area contributed by atoms with Gasteiger partial charge in [0.15, 0.2) is 0 Å². The van der Waals surface area contributed by atoms with Gasteiger partial charge in [0.25, 0.3) is 0 Å². The van der Waals surface area contributed by atoms with Crippen molar-refractivity contribution in [2.45, 2.75) is 6.92 Å². The van der Waals surface area contributed by atoms with E-state index in [0.717, 1.165) is 6.92 Å². The first-order valence-electron chi connectivity index (χ1n) is 2.51. The van der Waals surface area contributed by atoms with E-state index >= 15 is 0 Å². The Bertz CT molecular complexity index is 186. The van der Waals surface area contributed by atoms with E-state index in [9.17, 15) is 9.59 Å². The lowest BCUT2D eigenvalue weighted by atomic mass is 10.1. The lowest BCUT2D eigenvalue weighted by Crippen LogP contribution is -2.26. The zero-order valence-electron chi connectivity index (χ0n) is 5.29. The van der Waals surface area contributed by atoms with Crippen LogP contribution in [0.3, 0.4) is 0 Å². The number of carboxylic acids is 2. The second kappa shape index (κ2) is 2.95. The van der Waals surface area contributed by atoms with E-state index < -0.39 is 23.6 Å². The molecule has 0 aliphatic carbocycles. The maximum Gasteiger partial charge on any atom is 0.350 e. The zero-order valence-corrected chi connectivity index (χ0v) is 5.29. The highest BCUT2D eigenvalue weighted by atomic mass is 16.4. The molecule has 0 aromatic rings. The van der Waals surface area contributed by atoms with Crippen molar-refractivity contribution < 1.29 is 19.8 Å². The molecule has 0 saturated heterocycles. The minimum absolute atomic E-state index is 0.799. The van der Waals surface area contributed by atoms with Gasteiger partial charge in [0, 0.05) is 0 Å². The third kappa shape index (κ3) is 1.85. The SMILES string of the molecule is CC(C(=N)C(=O)O)C(=O)O. The molecular formula is C5H7NO4. The summed E-state index contributed by atoms with van der Waals surface area (Å²) in [6.07, 6.45) is 0. The Morgan fingerprint density at radius 3 is 1.90 bits per heavy atom. The molecule has 0 spiro atoms. The first-order valence-corrected chi connectivity index (χ1v) is 2.51. The number of carboxylic acid groups (broad SMARTS) is 2. The smallest absolute Gasteiger partial charge is 0.350 e. The van der Waals surface area contributed by atoms with Crippen molar-refractivity contribution in [2.75, 3.05) is 0 Å². The number of hydrogen-bond donors (Lipinski definition) is 3. The fourth-order valence-electron chi connectivity index (χ4n) is 0.309. The molecule has 0 bridgehead atoms. The number of carbonyl (C=O) groups is 2. The normalized spacial score (nSPS) is 12.1. The zero-order chi connectivity index (χ0) is 8.31. The summed E-state index contributed by atoms with van der Waals surface area (Å²) >= 11 is 0. The van der Waals surface area contributed by atoms with Crippen LogP contribution in [-0.4, -0.2) is 27.9 Å². The highest BCUT2D eigenvalue weighted by Gasteiger charge is 2.21. The van der Waals surface area contributed by atoms with Crippen molar-refractivity contribution in [3.8, 4) is 0 Å². The molecule has 0 aromatic carbocycles. The molecule has 1 unspecified atom stereocenters. The van der Waals surface area contributed by atoms with Crippen molar-refractivity contribution >= 4 is 17.7 Å². The summed E-state index contributed by atoms with van der Waals surface area (Å²) in [4.78, 5) is 20.0. The predicted octanol–water partition coefficient (Wildman–Crippen LogP) is -0.189. The predicted molar refractivity (Wildman–Crippen MR) is 32.2 cm³/mol. The maximum atomic E-state index is 10.0. The molecule has 56 valence electrons. The van der Waals surface area contributed by atoms with Gasteiger partial charge in [-0.05, 0) is 6.92 Å². The average molecular weight is 145 g/mol. The molecule has 0 saturated carbocycles. The van der Waals surface area contributed by atoms with E-state index in [4.69, 9.17) is 15.6 Å². The highest BCUT2D eigenvalue weighted by molar-refractivity contribution is 6.38. The summed E-state index contributed by atoms with van der Waals surface area (Å²) in [7, 11) is 0. The standard InChI is InChI=1S/C5H7NO4/c1-2(4(7)8)3(6)5(9)10/h2,6H,1H3,(H,7,8)(H,9,10). The first-order chi connectivity index (χ1) is 4.46. The van der Waals surface area contributed by atoms with Crippen LogP contribution in [0.2, 0.25) is 0 Å². The van der Waals surface area contributed by atoms with Gasteiger partial charge in [0.05, 0.1) is 0 Å². The summed E-state index contributed by atoms with van der Waals surface area (Å²) in [5, 5.41) is 23.0. The molecule has 0 fully saturated rings. The highest BCUT2D eigenvalue weighted by Crippen LogP contribution is 1.96. The number of aliphatic carboxylic acids is 2. The molecule has 0 aliphatic rings. The third-order valence-corrected chi connectivity index (χ3v) is 1.03. The van der Waals surface area contributed by atoms with Gasteiger partial charge in [0.1, 0.15) is 11.6 Å². The maximum absolute atomic E-state index is 10.0. The van der Waals surface area contributed by atoms with E-state index in [1.165, 1.54) is 0 Å². The summed E-state index contributed by atoms with van der Waals surface area (Å²) in [6, 6.07) is 0. The lowest BCUT2D eigenvalue weighted by molar-refractivity contribution is -0.140. The van der Waals surface area contributed by atoms with Gasteiger partial charge in [-0.15, -0.1) is 0 Å². The van der Waals surface area contributed by atoms with Crippen LogP contribution in [0.5, 0.6) is 0 Å². The summed E-state index contributed by atoms with van der Waals surface area (Å²) in [5.74, 6) is -4.03. The van der Waals surface area contributed by atoms with Crippen LogP contribution in [0.4, 0.5) is 0 Å². The Balaban J connectivity index is 4.22. The lowest BCUT2D eigenvalue weighted by Gasteiger charge is -2.01. The second-order valence-electron chi connectivity index (χ2n) is 1.78. The molecule has 5 heteroatoms. The fourth-order valence-corrected chi connectivity index (χ4v) is 0.309. The van der Waals surface area contributed by atoms with Crippen LogP contribution in [0.25, 0.3) is 0 Å². The van der Waals surface area contributed by atoms with E-state index in [0.29, 0.717) is 0 Å². The van der Waals surface area contributed by atoms with Crippen molar-refractivity contribution in [3.05, 3.63) is 0 Å². The molecule has 1 atom stereocenters.